The molecule has 0 heterocycles. The van der Waals surface area contributed by atoms with Gasteiger partial charge in [0.15, 0.2) is 0 Å². The van der Waals surface area contributed by atoms with E-state index in [0.717, 1.165) is 64.2 Å². The van der Waals surface area contributed by atoms with Gasteiger partial charge in [-0.15, -0.1) is 0 Å². The summed E-state index contributed by atoms with van der Waals surface area (Å²) in [6.07, 6.45) is 45.7. The van der Waals surface area contributed by atoms with Crippen LogP contribution in [0.15, 0.2) is 36.5 Å². The predicted molar refractivity (Wildman–Crippen MR) is 179 cm³/mol. The van der Waals surface area contributed by atoms with Crippen LogP contribution < -0.4 is 0 Å². The fourth-order valence-corrected chi connectivity index (χ4v) is 5.80. The summed E-state index contributed by atoms with van der Waals surface area (Å²) in [5.74, 6) is -0.516. The Bertz CT molecular complexity index is 617. The molecule has 1 N–H and O–H groups in total. The summed E-state index contributed by atoms with van der Waals surface area (Å²) in [6.45, 7) is 6.70. The topological polar surface area (TPSA) is 37.3 Å². The average Bonchev–Trinajstić information content (AvgIpc) is 2.95. The van der Waals surface area contributed by atoms with Crippen molar-refractivity contribution >= 4 is 5.97 Å². The van der Waals surface area contributed by atoms with Crippen molar-refractivity contribution in [2.75, 3.05) is 0 Å². The van der Waals surface area contributed by atoms with Crippen molar-refractivity contribution in [2.45, 2.75) is 194 Å². The van der Waals surface area contributed by atoms with Gasteiger partial charge in [0, 0.05) is 0 Å². The van der Waals surface area contributed by atoms with Crippen LogP contribution in [0.1, 0.15) is 194 Å². The van der Waals surface area contributed by atoms with Gasteiger partial charge in [-0.25, -0.2) is 0 Å². The van der Waals surface area contributed by atoms with Gasteiger partial charge in [0.2, 0.25) is 0 Å². The van der Waals surface area contributed by atoms with E-state index in [1.165, 1.54) is 109 Å². The Morgan fingerprint density at radius 3 is 1.23 bits per heavy atom. The van der Waals surface area contributed by atoms with E-state index in [9.17, 15) is 9.90 Å². The molecule has 1 unspecified atom stereocenters. The number of unbranched alkanes of at least 4 members (excludes halogenated alkanes) is 18. The summed E-state index contributed by atoms with van der Waals surface area (Å²) < 4.78 is 0. The van der Waals surface area contributed by atoms with Crippen LogP contribution in [0.5, 0.6) is 0 Å². The summed E-state index contributed by atoms with van der Waals surface area (Å²) in [4.78, 5) is 12.6. The first-order valence-electron chi connectivity index (χ1n) is 17.8. The van der Waals surface area contributed by atoms with Gasteiger partial charge in [-0.3, -0.25) is 4.79 Å². The molecule has 0 aromatic carbocycles. The molecule has 0 aromatic rings. The van der Waals surface area contributed by atoms with E-state index < -0.39 is 11.4 Å². The first-order valence-corrected chi connectivity index (χ1v) is 17.8. The third-order valence-electron chi connectivity index (χ3n) is 8.53. The van der Waals surface area contributed by atoms with Gasteiger partial charge < -0.3 is 5.11 Å². The smallest absolute Gasteiger partial charge is 0.309 e. The van der Waals surface area contributed by atoms with Crippen molar-refractivity contribution in [2.24, 2.45) is 5.41 Å². The maximum Gasteiger partial charge on any atom is 0.309 e. The zero-order valence-corrected chi connectivity index (χ0v) is 27.4. The van der Waals surface area contributed by atoms with Crippen LogP contribution in [0.4, 0.5) is 0 Å². The highest BCUT2D eigenvalue weighted by Crippen LogP contribution is 2.38. The molecule has 234 valence electrons. The zero-order chi connectivity index (χ0) is 29.4. The van der Waals surface area contributed by atoms with Gasteiger partial charge in [0.05, 0.1) is 5.41 Å². The monoisotopic (exact) mass is 559 g/mol. The SMILES string of the molecule is CC/C=C\C/C=C\C/C=C\CCCCCCC(CCCCCCCC)(CCCCCCCCCCCC)C(=O)O. The van der Waals surface area contributed by atoms with Crippen molar-refractivity contribution in [3.05, 3.63) is 36.5 Å². The molecule has 0 bridgehead atoms. The highest BCUT2D eigenvalue weighted by atomic mass is 16.4. The van der Waals surface area contributed by atoms with Gasteiger partial charge in [-0.05, 0) is 51.4 Å². The fraction of sp³-hybridized carbons (Fsp3) is 0.816. The average molecular weight is 559 g/mol. The van der Waals surface area contributed by atoms with E-state index in [2.05, 4.69) is 57.2 Å². The molecule has 0 amide bonds. The molecular weight excluding hydrogens is 488 g/mol. The molecule has 1 atom stereocenters. The molecule has 2 heteroatoms. The summed E-state index contributed by atoms with van der Waals surface area (Å²) in [5.41, 5.74) is -0.483. The maximum absolute atomic E-state index is 12.6. The van der Waals surface area contributed by atoms with Crippen LogP contribution in [0.25, 0.3) is 0 Å². The van der Waals surface area contributed by atoms with Crippen molar-refractivity contribution in [3.8, 4) is 0 Å². The minimum atomic E-state index is -0.516. The van der Waals surface area contributed by atoms with E-state index in [1.54, 1.807) is 0 Å². The molecule has 0 radical (unpaired) electrons. The Kier molecular flexibility index (Phi) is 29.6. The fourth-order valence-electron chi connectivity index (χ4n) is 5.80. The van der Waals surface area contributed by atoms with Gasteiger partial charge in [-0.1, -0.05) is 179 Å². The van der Waals surface area contributed by atoms with Crippen molar-refractivity contribution in [3.63, 3.8) is 0 Å². The maximum atomic E-state index is 12.6. The van der Waals surface area contributed by atoms with Crippen LogP contribution >= 0.6 is 0 Å². The number of hydrogen-bond acceptors (Lipinski definition) is 1. The van der Waals surface area contributed by atoms with E-state index >= 15 is 0 Å². The third-order valence-corrected chi connectivity index (χ3v) is 8.53. The highest BCUT2D eigenvalue weighted by Gasteiger charge is 2.36. The minimum absolute atomic E-state index is 0.483. The third kappa shape index (κ3) is 24.5. The van der Waals surface area contributed by atoms with Gasteiger partial charge in [0.25, 0.3) is 0 Å². The molecule has 0 aliphatic heterocycles. The quantitative estimate of drug-likeness (QED) is 0.0678. The summed E-state index contributed by atoms with van der Waals surface area (Å²) in [7, 11) is 0. The van der Waals surface area contributed by atoms with Crippen LogP contribution in [0.2, 0.25) is 0 Å². The highest BCUT2D eigenvalue weighted by molar-refractivity contribution is 5.74. The first-order chi connectivity index (χ1) is 19.6. The Morgan fingerprint density at radius 1 is 0.475 bits per heavy atom. The lowest BCUT2D eigenvalue weighted by Crippen LogP contribution is -2.31. The van der Waals surface area contributed by atoms with E-state index in [0.29, 0.717) is 0 Å². The molecule has 0 aromatic heterocycles. The second-order valence-electron chi connectivity index (χ2n) is 12.3. The number of aliphatic carboxylic acids is 1. The van der Waals surface area contributed by atoms with Crippen molar-refractivity contribution in [1.29, 1.82) is 0 Å². The Labute approximate surface area is 251 Å². The summed E-state index contributed by atoms with van der Waals surface area (Å²) in [5, 5.41) is 10.4. The molecule has 0 aliphatic rings. The van der Waals surface area contributed by atoms with E-state index in [4.69, 9.17) is 0 Å². The predicted octanol–water partition coefficient (Wildman–Crippen LogP) is 13.3. The number of rotatable bonds is 31. The molecule has 0 spiro atoms. The molecule has 0 rings (SSSR count). The van der Waals surface area contributed by atoms with E-state index in [-0.39, 0.29) is 0 Å². The van der Waals surface area contributed by atoms with Gasteiger partial charge in [0.1, 0.15) is 0 Å². The Balaban J connectivity index is 4.39. The molecular formula is C38H70O2. The number of carboxylic acids is 1. The van der Waals surface area contributed by atoms with Crippen LogP contribution in [0.3, 0.4) is 0 Å². The number of carbonyl (C=O) groups is 1. The number of carboxylic acid groups (broad SMARTS) is 1. The molecule has 0 aliphatic carbocycles. The van der Waals surface area contributed by atoms with Crippen molar-refractivity contribution < 1.29 is 9.90 Å². The van der Waals surface area contributed by atoms with Gasteiger partial charge >= 0.3 is 5.97 Å². The first kappa shape index (κ1) is 38.7. The zero-order valence-electron chi connectivity index (χ0n) is 27.4. The standard InChI is InChI=1S/C38H70O2/c1-4-7-10-13-16-18-20-21-22-23-25-27-30-33-36-38(37(39)40,34-31-28-15-12-9-6-3)35-32-29-26-24-19-17-14-11-8-5-2/h7,10,16,18,21-22H,4-6,8-9,11-15,17,19-20,23-36H2,1-3H3,(H,39,40)/b10-7-,18-16-,22-21-. The largest absolute Gasteiger partial charge is 0.481 e. The van der Waals surface area contributed by atoms with Gasteiger partial charge in [-0.2, -0.15) is 0 Å². The second-order valence-corrected chi connectivity index (χ2v) is 12.3. The number of allylic oxidation sites excluding steroid dienone is 6. The van der Waals surface area contributed by atoms with Crippen LogP contribution in [0, 0.1) is 5.41 Å². The molecule has 0 saturated heterocycles. The lowest BCUT2D eigenvalue weighted by molar-refractivity contribution is -0.150. The summed E-state index contributed by atoms with van der Waals surface area (Å²) in [6, 6.07) is 0. The molecule has 2 nitrogen and oxygen atoms in total. The van der Waals surface area contributed by atoms with Crippen LogP contribution in [-0.4, -0.2) is 11.1 Å². The van der Waals surface area contributed by atoms with Crippen LogP contribution in [-0.2, 0) is 4.79 Å². The normalized spacial score (nSPS) is 13.7. The second kappa shape index (κ2) is 30.6. The molecule has 0 fully saturated rings. The number of hydrogen-bond donors (Lipinski definition) is 1. The minimum Gasteiger partial charge on any atom is -0.481 e. The summed E-state index contributed by atoms with van der Waals surface area (Å²) >= 11 is 0. The molecule has 0 saturated carbocycles. The van der Waals surface area contributed by atoms with Crippen molar-refractivity contribution in [1.82, 2.24) is 0 Å². The Hall–Kier alpha value is -1.31. The Morgan fingerprint density at radius 2 is 0.825 bits per heavy atom. The van der Waals surface area contributed by atoms with E-state index in [1.807, 2.05) is 0 Å². The lowest BCUT2D eigenvalue weighted by Gasteiger charge is -2.30. The molecule has 40 heavy (non-hydrogen) atoms. The lowest BCUT2D eigenvalue weighted by atomic mass is 9.74.